The summed E-state index contributed by atoms with van der Waals surface area (Å²) >= 11 is 0. The second-order valence-electron chi connectivity index (χ2n) is 10.7. The van der Waals surface area contributed by atoms with Crippen molar-refractivity contribution >= 4 is 11.9 Å². The Labute approximate surface area is 221 Å². The van der Waals surface area contributed by atoms with Crippen LogP contribution in [0.15, 0.2) is 30.6 Å². The lowest BCUT2D eigenvalue weighted by Crippen LogP contribution is -2.41. The number of anilines is 1. The summed E-state index contributed by atoms with van der Waals surface area (Å²) in [5.74, 6) is 1.85. The number of carbonyl (C=O) groups excluding carboxylic acids is 1. The minimum absolute atomic E-state index is 0.00738. The highest BCUT2D eigenvalue weighted by Crippen LogP contribution is 2.50. The maximum absolute atomic E-state index is 14.5. The molecule has 3 aliphatic rings. The molecule has 10 heteroatoms. The van der Waals surface area contributed by atoms with Gasteiger partial charge in [0, 0.05) is 57.2 Å². The molecule has 1 amide bonds. The van der Waals surface area contributed by atoms with Crippen LogP contribution < -0.4 is 9.64 Å². The van der Waals surface area contributed by atoms with Crippen LogP contribution in [-0.4, -0.2) is 60.2 Å². The van der Waals surface area contributed by atoms with Gasteiger partial charge in [0.2, 0.25) is 11.9 Å². The van der Waals surface area contributed by atoms with Gasteiger partial charge in [0.25, 0.3) is 0 Å². The van der Waals surface area contributed by atoms with Crippen LogP contribution >= 0.6 is 0 Å². The Balaban J connectivity index is 1.02. The number of nitrogens with zero attached hydrogens (tertiary/aromatic N) is 4. The molecule has 7 nitrogen and oxygen atoms in total. The molecule has 38 heavy (non-hydrogen) atoms. The Kier molecular flexibility index (Phi) is 8.07. The van der Waals surface area contributed by atoms with Gasteiger partial charge in [-0.05, 0) is 61.5 Å². The van der Waals surface area contributed by atoms with Crippen LogP contribution in [0, 0.1) is 23.6 Å². The molecule has 3 heterocycles. The first-order chi connectivity index (χ1) is 18.3. The van der Waals surface area contributed by atoms with Crippen LogP contribution in [0.1, 0.15) is 49.7 Å². The fourth-order valence-electron chi connectivity index (χ4n) is 5.86. The molecule has 3 fully saturated rings. The number of halogens is 3. The van der Waals surface area contributed by atoms with E-state index in [1.165, 1.54) is 18.6 Å². The molecule has 0 N–H and O–H groups in total. The van der Waals surface area contributed by atoms with E-state index in [4.69, 9.17) is 9.47 Å². The van der Waals surface area contributed by atoms with Crippen molar-refractivity contribution in [3.8, 4) is 5.75 Å². The summed E-state index contributed by atoms with van der Waals surface area (Å²) in [6.45, 7) is 2.93. The smallest absolute Gasteiger partial charge is 0.327 e. The second kappa shape index (κ2) is 11.5. The third-order valence-corrected chi connectivity index (χ3v) is 8.09. The Morgan fingerprint density at radius 1 is 1.16 bits per heavy atom. The number of carbonyl (C=O) groups is 1. The summed E-state index contributed by atoms with van der Waals surface area (Å²) in [6.07, 6.45) is 7.55. The zero-order chi connectivity index (χ0) is 26.7. The highest BCUT2D eigenvalue weighted by atomic mass is 19.3. The number of amides is 1. The van der Waals surface area contributed by atoms with Gasteiger partial charge in [0.05, 0.1) is 19.6 Å². The van der Waals surface area contributed by atoms with Crippen LogP contribution in [0.4, 0.5) is 19.1 Å². The monoisotopic (exact) mass is 532 g/mol. The van der Waals surface area contributed by atoms with Gasteiger partial charge in [0.15, 0.2) is 0 Å². The largest absolute Gasteiger partial charge is 0.493 e. The molecule has 2 aliphatic heterocycles. The number of aromatic nitrogens is 2. The SMILES string of the molecule is COCc1cnc(N2CCC(C3CC3CCOc3ccc(CC(=O)N4CCCC4(F)F)c(F)c3)CC2)nc1. The molecule has 206 valence electrons. The molecule has 2 aromatic rings. The number of likely N-dealkylation sites (tertiary alicyclic amines) is 1. The summed E-state index contributed by atoms with van der Waals surface area (Å²) in [7, 11) is 1.66. The van der Waals surface area contributed by atoms with Crippen molar-refractivity contribution in [3.05, 3.63) is 47.5 Å². The molecular formula is C28H35F3N4O3. The van der Waals surface area contributed by atoms with Gasteiger partial charge in [-0.15, -0.1) is 0 Å². The summed E-state index contributed by atoms with van der Waals surface area (Å²) in [4.78, 5) is 24.0. The lowest BCUT2D eigenvalue weighted by atomic mass is 9.90. The lowest BCUT2D eigenvalue weighted by Gasteiger charge is -2.32. The number of piperidine rings is 1. The quantitative estimate of drug-likeness (QED) is 0.408. The van der Waals surface area contributed by atoms with Crippen molar-refractivity contribution in [2.45, 2.75) is 57.6 Å². The second-order valence-corrected chi connectivity index (χ2v) is 10.7. The first-order valence-corrected chi connectivity index (χ1v) is 13.5. The highest BCUT2D eigenvalue weighted by Gasteiger charge is 2.45. The number of methoxy groups -OCH3 is 1. The number of alkyl halides is 2. The van der Waals surface area contributed by atoms with Crippen LogP contribution in [0.5, 0.6) is 5.75 Å². The molecule has 0 bridgehead atoms. The average Bonchev–Trinajstić information content (AvgIpc) is 3.59. The fraction of sp³-hybridized carbons (Fsp3) is 0.607. The third kappa shape index (κ3) is 6.22. The predicted octanol–water partition coefficient (Wildman–Crippen LogP) is 4.84. The van der Waals surface area contributed by atoms with E-state index in [0.717, 1.165) is 43.9 Å². The molecule has 0 spiro atoms. The van der Waals surface area contributed by atoms with Gasteiger partial charge >= 0.3 is 6.05 Å². The number of benzene rings is 1. The third-order valence-electron chi connectivity index (χ3n) is 8.09. The highest BCUT2D eigenvalue weighted by molar-refractivity contribution is 5.79. The van der Waals surface area contributed by atoms with Crippen LogP contribution in [0.3, 0.4) is 0 Å². The Bertz CT molecular complexity index is 1110. The van der Waals surface area contributed by atoms with Gasteiger partial charge in [0.1, 0.15) is 11.6 Å². The molecule has 1 aliphatic carbocycles. The van der Waals surface area contributed by atoms with Crippen LogP contribution in [0.25, 0.3) is 0 Å². The predicted molar refractivity (Wildman–Crippen MR) is 135 cm³/mol. The molecular weight excluding hydrogens is 497 g/mol. The maximum atomic E-state index is 14.5. The first-order valence-electron chi connectivity index (χ1n) is 13.5. The molecule has 1 aromatic heterocycles. The van der Waals surface area contributed by atoms with E-state index in [2.05, 4.69) is 14.9 Å². The van der Waals surface area contributed by atoms with Crippen LogP contribution in [-0.2, 0) is 22.6 Å². The molecule has 0 radical (unpaired) electrons. The van der Waals surface area contributed by atoms with E-state index in [-0.39, 0.29) is 31.4 Å². The maximum Gasteiger partial charge on any atom is 0.327 e. The summed E-state index contributed by atoms with van der Waals surface area (Å²) < 4.78 is 53.0. The van der Waals surface area contributed by atoms with E-state index in [9.17, 15) is 18.0 Å². The van der Waals surface area contributed by atoms with Crippen molar-refractivity contribution in [1.82, 2.24) is 14.9 Å². The van der Waals surface area contributed by atoms with Gasteiger partial charge in [-0.25, -0.2) is 14.4 Å². The molecule has 5 rings (SSSR count). The summed E-state index contributed by atoms with van der Waals surface area (Å²) in [6, 6.07) is 1.17. The molecule has 1 aromatic carbocycles. The summed E-state index contributed by atoms with van der Waals surface area (Å²) in [5, 5.41) is 0. The lowest BCUT2D eigenvalue weighted by molar-refractivity contribution is -0.161. The minimum Gasteiger partial charge on any atom is -0.493 e. The average molecular weight is 533 g/mol. The zero-order valence-corrected chi connectivity index (χ0v) is 21.8. The standard InChI is InChI=1S/C28H35F3N4O3/c1-37-18-19-16-32-27(33-17-19)34-10-5-20(6-11-34)24-13-21(24)7-12-38-23-4-3-22(25(29)15-23)14-26(36)35-9-2-8-28(35,30)31/h3-4,15-17,20-21,24H,2,5-14,18H2,1H3. The summed E-state index contributed by atoms with van der Waals surface area (Å²) in [5.41, 5.74) is 1.07. The number of hydrogen-bond acceptors (Lipinski definition) is 6. The number of hydrogen-bond donors (Lipinski definition) is 0. The van der Waals surface area contributed by atoms with Crippen molar-refractivity contribution in [1.29, 1.82) is 0 Å². The van der Waals surface area contributed by atoms with Crippen molar-refractivity contribution in [2.24, 2.45) is 17.8 Å². The minimum atomic E-state index is -3.14. The Morgan fingerprint density at radius 3 is 2.58 bits per heavy atom. The van der Waals surface area contributed by atoms with Gasteiger partial charge in [-0.1, -0.05) is 6.07 Å². The molecule has 2 unspecified atom stereocenters. The van der Waals surface area contributed by atoms with E-state index in [0.29, 0.717) is 41.6 Å². The molecule has 2 saturated heterocycles. The van der Waals surface area contributed by atoms with Gasteiger partial charge in [-0.3, -0.25) is 9.69 Å². The van der Waals surface area contributed by atoms with E-state index in [1.807, 2.05) is 12.4 Å². The fourth-order valence-corrected chi connectivity index (χ4v) is 5.86. The van der Waals surface area contributed by atoms with E-state index < -0.39 is 17.8 Å². The van der Waals surface area contributed by atoms with Crippen molar-refractivity contribution in [3.63, 3.8) is 0 Å². The molecule has 2 atom stereocenters. The van der Waals surface area contributed by atoms with Crippen molar-refractivity contribution in [2.75, 3.05) is 38.3 Å². The number of ether oxygens (including phenoxy) is 2. The topological polar surface area (TPSA) is 67.8 Å². The van der Waals surface area contributed by atoms with E-state index >= 15 is 0 Å². The van der Waals surface area contributed by atoms with Gasteiger partial charge in [-0.2, -0.15) is 8.78 Å². The normalized spacial score (nSPS) is 23.1. The van der Waals surface area contributed by atoms with E-state index in [1.54, 1.807) is 13.2 Å². The Hall–Kier alpha value is -2.88. The number of rotatable bonds is 10. The molecule has 1 saturated carbocycles. The zero-order valence-electron chi connectivity index (χ0n) is 21.8. The van der Waals surface area contributed by atoms with Gasteiger partial charge < -0.3 is 14.4 Å². The Morgan fingerprint density at radius 2 is 1.92 bits per heavy atom. The van der Waals surface area contributed by atoms with Crippen molar-refractivity contribution < 1.29 is 27.4 Å². The first kappa shape index (κ1) is 26.7. The van der Waals surface area contributed by atoms with Crippen LogP contribution in [0.2, 0.25) is 0 Å².